The molecule has 0 bridgehead atoms. The predicted molar refractivity (Wildman–Crippen MR) is 96.1 cm³/mol. The van der Waals surface area contributed by atoms with Crippen LogP contribution in [0.15, 0.2) is 36.4 Å². The minimum Gasteiger partial charge on any atom is -0.488 e. The van der Waals surface area contributed by atoms with E-state index in [1.54, 1.807) is 31.2 Å². The first-order chi connectivity index (χ1) is 12.0. The van der Waals surface area contributed by atoms with E-state index in [0.29, 0.717) is 16.8 Å². The number of ether oxygens (including phenoxy) is 2. The lowest BCUT2D eigenvalue weighted by atomic mass is 10.1. The highest BCUT2D eigenvalue weighted by Gasteiger charge is 2.16. The van der Waals surface area contributed by atoms with Crippen molar-refractivity contribution < 1.29 is 23.4 Å². The van der Waals surface area contributed by atoms with Crippen molar-refractivity contribution in [3.63, 3.8) is 0 Å². The molecule has 0 radical (unpaired) electrons. The standard InChI is InChI=1S/C18H19F2NO3S/c1-11-6-7-16(13(8-11)17(19)20)24-10-14-12(9-22)4-3-5-15(14)21-18(25)23-2/h3-8,17,22H,9-10H2,1-2H3,(H,21,25). The molecule has 0 heterocycles. The monoisotopic (exact) mass is 367 g/mol. The lowest BCUT2D eigenvalue weighted by Gasteiger charge is -2.17. The zero-order chi connectivity index (χ0) is 18.4. The highest BCUT2D eigenvalue weighted by atomic mass is 32.1. The summed E-state index contributed by atoms with van der Waals surface area (Å²) >= 11 is 4.99. The molecular weight excluding hydrogens is 348 g/mol. The van der Waals surface area contributed by atoms with E-state index in [9.17, 15) is 13.9 Å². The summed E-state index contributed by atoms with van der Waals surface area (Å²) in [4.78, 5) is 0. The fourth-order valence-corrected chi connectivity index (χ4v) is 2.46. The second-order valence-corrected chi connectivity index (χ2v) is 5.72. The van der Waals surface area contributed by atoms with Gasteiger partial charge < -0.3 is 19.9 Å². The Hall–Kier alpha value is -2.25. The van der Waals surface area contributed by atoms with E-state index in [0.717, 1.165) is 5.56 Å². The maximum atomic E-state index is 13.2. The van der Waals surface area contributed by atoms with Crippen LogP contribution < -0.4 is 10.1 Å². The molecular formula is C18H19F2NO3S. The van der Waals surface area contributed by atoms with Crippen molar-refractivity contribution in [2.45, 2.75) is 26.6 Å². The number of halogens is 2. The molecule has 0 amide bonds. The van der Waals surface area contributed by atoms with Crippen LogP contribution in [0, 0.1) is 6.92 Å². The molecule has 25 heavy (non-hydrogen) atoms. The quantitative estimate of drug-likeness (QED) is 0.744. The van der Waals surface area contributed by atoms with Gasteiger partial charge in [-0.15, -0.1) is 0 Å². The second-order valence-electron chi connectivity index (χ2n) is 5.35. The number of aliphatic hydroxyl groups is 1. The van der Waals surface area contributed by atoms with E-state index >= 15 is 0 Å². The summed E-state index contributed by atoms with van der Waals surface area (Å²) in [6.45, 7) is 1.52. The Kier molecular flexibility index (Phi) is 6.66. The van der Waals surface area contributed by atoms with Gasteiger partial charge in [0.25, 0.3) is 11.6 Å². The molecule has 0 saturated heterocycles. The van der Waals surface area contributed by atoms with Gasteiger partial charge in [-0.25, -0.2) is 8.78 Å². The molecule has 2 aromatic carbocycles. The van der Waals surface area contributed by atoms with Crippen LogP contribution in [0.25, 0.3) is 0 Å². The molecule has 2 N–H and O–H groups in total. The third kappa shape index (κ3) is 4.87. The molecule has 2 aromatic rings. The van der Waals surface area contributed by atoms with Crippen LogP contribution in [0.5, 0.6) is 5.75 Å². The number of aryl methyl sites for hydroxylation is 1. The van der Waals surface area contributed by atoms with E-state index < -0.39 is 6.43 Å². The summed E-state index contributed by atoms with van der Waals surface area (Å²) in [7, 11) is 1.43. The number of alkyl halides is 2. The van der Waals surface area contributed by atoms with E-state index in [1.165, 1.54) is 19.2 Å². The highest BCUT2D eigenvalue weighted by Crippen LogP contribution is 2.31. The molecule has 7 heteroatoms. The Morgan fingerprint density at radius 3 is 2.68 bits per heavy atom. The first-order valence-electron chi connectivity index (χ1n) is 7.54. The van der Waals surface area contributed by atoms with Crippen molar-refractivity contribution in [2.75, 3.05) is 12.4 Å². The van der Waals surface area contributed by atoms with Crippen molar-refractivity contribution >= 4 is 23.1 Å². The molecule has 4 nitrogen and oxygen atoms in total. The van der Waals surface area contributed by atoms with Crippen LogP contribution in [0.3, 0.4) is 0 Å². The molecule has 2 rings (SSSR count). The lowest BCUT2D eigenvalue weighted by molar-refractivity contribution is 0.144. The van der Waals surface area contributed by atoms with Gasteiger partial charge in [-0.1, -0.05) is 23.8 Å². The third-order valence-corrected chi connectivity index (χ3v) is 3.91. The summed E-state index contributed by atoms with van der Waals surface area (Å²) in [6, 6.07) is 9.84. The molecule has 0 aromatic heterocycles. The summed E-state index contributed by atoms with van der Waals surface area (Å²) in [5, 5.41) is 12.6. The van der Waals surface area contributed by atoms with Gasteiger partial charge in [0.15, 0.2) is 0 Å². The first-order valence-corrected chi connectivity index (χ1v) is 7.95. The van der Waals surface area contributed by atoms with Gasteiger partial charge in [-0.2, -0.15) is 0 Å². The Morgan fingerprint density at radius 1 is 1.28 bits per heavy atom. The van der Waals surface area contributed by atoms with Crippen LogP contribution >= 0.6 is 12.2 Å². The van der Waals surface area contributed by atoms with Gasteiger partial charge in [-0.05, 0) is 42.9 Å². The summed E-state index contributed by atoms with van der Waals surface area (Å²) in [5.41, 5.74) is 2.37. The molecule has 134 valence electrons. The largest absolute Gasteiger partial charge is 0.488 e. The first kappa shape index (κ1) is 19.1. The number of thiocarbonyl (C=S) groups is 1. The van der Waals surface area contributed by atoms with Gasteiger partial charge in [0.1, 0.15) is 12.4 Å². The van der Waals surface area contributed by atoms with E-state index in [2.05, 4.69) is 5.32 Å². The maximum Gasteiger partial charge on any atom is 0.267 e. The minimum atomic E-state index is -2.64. The van der Waals surface area contributed by atoms with E-state index in [-0.39, 0.29) is 29.7 Å². The summed E-state index contributed by atoms with van der Waals surface area (Å²) in [6.07, 6.45) is -2.64. The molecule has 0 spiro atoms. The molecule has 0 fully saturated rings. The second kappa shape index (κ2) is 8.73. The number of hydrogen-bond acceptors (Lipinski definition) is 4. The minimum absolute atomic E-state index is 0.00578. The fraction of sp³-hybridized carbons (Fsp3) is 0.278. The molecule has 0 aliphatic carbocycles. The van der Waals surface area contributed by atoms with Crippen LogP contribution in [0.4, 0.5) is 14.5 Å². The fourth-order valence-electron chi connectivity index (χ4n) is 2.35. The topological polar surface area (TPSA) is 50.7 Å². The van der Waals surface area contributed by atoms with Crippen molar-refractivity contribution in [1.82, 2.24) is 0 Å². The molecule has 0 saturated carbocycles. The van der Waals surface area contributed by atoms with Gasteiger partial charge >= 0.3 is 0 Å². The number of anilines is 1. The highest BCUT2D eigenvalue weighted by molar-refractivity contribution is 7.80. The van der Waals surface area contributed by atoms with Crippen LogP contribution in [0.1, 0.15) is 28.7 Å². The SMILES string of the molecule is COC(=S)Nc1cccc(CO)c1COc1ccc(C)cc1C(F)F. The number of rotatable bonds is 6. The summed E-state index contributed by atoms with van der Waals surface area (Å²) in [5.74, 6) is 0.105. The maximum absolute atomic E-state index is 13.2. The Morgan fingerprint density at radius 2 is 2.04 bits per heavy atom. The molecule has 0 aliphatic heterocycles. The average molecular weight is 367 g/mol. The van der Waals surface area contributed by atoms with E-state index in [1.807, 2.05) is 0 Å². The van der Waals surface area contributed by atoms with Crippen LogP contribution in [0.2, 0.25) is 0 Å². The van der Waals surface area contributed by atoms with Gasteiger partial charge in [0, 0.05) is 11.3 Å². The number of aliphatic hydroxyl groups excluding tert-OH is 1. The van der Waals surface area contributed by atoms with Crippen molar-refractivity contribution in [3.8, 4) is 5.75 Å². The van der Waals surface area contributed by atoms with E-state index in [4.69, 9.17) is 21.7 Å². The van der Waals surface area contributed by atoms with Gasteiger partial charge in [0.2, 0.25) is 0 Å². The van der Waals surface area contributed by atoms with Crippen molar-refractivity contribution in [1.29, 1.82) is 0 Å². The molecule has 0 aliphatic rings. The smallest absolute Gasteiger partial charge is 0.267 e. The number of methoxy groups -OCH3 is 1. The number of benzene rings is 2. The Bertz CT molecular complexity index is 753. The predicted octanol–water partition coefficient (Wildman–Crippen LogP) is 4.35. The molecule has 0 atom stereocenters. The van der Waals surface area contributed by atoms with Gasteiger partial charge in [-0.3, -0.25) is 0 Å². The summed E-state index contributed by atoms with van der Waals surface area (Å²) < 4.78 is 37.0. The zero-order valence-electron chi connectivity index (χ0n) is 13.9. The third-order valence-electron chi connectivity index (χ3n) is 3.64. The number of hydrogen-bond donors (Lipinski definition) is 2. The lowest BCUT2D eigenvalue weighted by Crippen LogP contribution is -2.14. The Labute approximate surface area is 150 Å². The Balaban J connectivity index is 2.30. The number of nitrogens with one attached hydrogen (secondary N) is 1. The van der Waals surface area contributed by atoms with Crippen LogP contribution in [-0.2, 0) is 18.0 Å². The normalized spacial score (nSPS) is 10.6. The average Bonchev–Trinajstić information content (AvgIpc) is 2.60. The van der Waals surface area contributed by atoms with Crippen molar-refractivity contribution in [3.05, 3.63) is 58.7 Å². The van der Waals surface area contributed by atoms with Crippen LogP contribution in [-0.4, -0.2) is 17.4 Å². The van der Waals surface area contributed by atoms with Gasteiger partial charge in [0.05, 0.1) is 19.3 Å². The molecule has 0 unspecified atom stereocenters. The zero-order valence-corrected chi connectivity index (χ0v) is 14.7. The van der Waals surface area contributed by atoms with Crippen molar-refractivity contribution in [2.24, 2.45) is 0 Å².